The van der Waals surface area contributed by atoms with Crippen molar-refractivity contribution in [1.82, 2.24) is 0 Å². The van der Waals surface area contributed by atoms with E-state index in [2.05, 4.69) is 0 Å². The highest BCUT2D eigenvalue weighted by atomic mass is 19.4. The molecule has 4 aromatic rings. The first-order chi connectivity index (χ1) is 15.8. The van der Waals surface area contributed by atoms with Crippen LogP contribution in [0.5, 0.6) is 0 Å². The third-order valence-electron chi connectivity index (χ3n) is 5.65. The second-order valence-electron chi connectivity index (χ2n) is 7.92. The molecule has 0 spiro atoms. The number of ether oxygens (including phenoxy) is 1. The Labute approximate surface area is 188 Å². The molecule has 0 saturated heterocycles. The van der Waals surface area contributed by atoms with Gasteiger partial charge in [-0.05, 0) is 64.7 Å². The van der Waals surface area contributed by atoms with E-state index in [0.29, 0.717) is 52.5 Å². The van der Waals surface area contributed by atoms with Crippen molar-refractivity contribution < 1.29 is 26.7 Å². The highest BCUT2D eigenvalue weighted by Crippen LogP contribution is 2.31. The van der Waals surface area contributed by atoms with Crippen LogP contribution >= 0.6 is 0 Å². The summed E-state index contributed by atoms with van der Waals surface area (Å²) < 4.78 is 72.8. The summed E-state index contributed by atoms with van der Waals surface area (Å²) in [6.45, 7) is 0.315. The number of alkyl halides is 3. The summed E-state index contributed by atoms with van der Waals surface area (Å²) >= 11 is 0. The van der Waals surface area contributed by atoms with Crippen molar-refractivity contribution in [1.29, 1.82) is 0 Å². The van der Waals surface area contributed by atoms with Gasteiger partial charge in [0, 0.05) is 18.1 Å². The van der Waals surface area contributed by atoms with Gasteiger partial charge in [0.05, 0.1) is 12.2 Å². The van der Waals surface area contributed by atoms with Crippen LogP contribution in [0.15, 0.2) is 72.8 Å². The lowest BCUT2D eigenvalue weighted by Crippen LogP contribution is -2.04. The standard InChI is InChI=1S/C27H21F5O/c1-33-16-18-5-12-23(25(28)14-18)20-9-13-24-21(15-20)8-7-19(26(24)29)6-2-17-3-10-22(11-4-17)27(30,31)32/h3-5,7-15H,2,6,16H2,1H3. The normalized spacial score (nSPS) is 11.8. The molecule has 0 bridgehead atoms. The molecule has 0 N–H and O–H groups in total. The summed E-state index contributed by atoms with van der Waals surface area (Å²) in [6.07, 6.45) is -3.61. The molecule has 0 heterocycles. The molecule has 0 aromatic heterocycles. The van der Waals surface area contributed by atoms with Gasteiger partial charge < -0.3 is 4.74 Å². The van der Waals surface area contributed by atoms with E-state index >= 15 is 4.39 Å². The summed E-state index contributed by atoms with van der Waals surface area (Å²) in [5.74, 6) is -0.751. The summed E-state index contributed by atoms with van der Waals surface area (Å²) in [5.41, 5.74) is 2.26. The number of hydrogen-bond acceptors (Lipinski definition) is 1. The molecule has 0 aliphatic heterocycles. The molecule has 0 unspecified atom stereocenters. The van der Waals surface area contributed by atoms with E-state index in [0.717, 1.165) is 17.7 Å². The Balaban J connectivity index is 1.55. The molecule has 6 heteroatoms. The summed E-state index contributed by atoms with van der Waals surface area (Å²) in [6, 6.07) is 18.3. The Morgan fingerprint density at radius 3 is 2.15 bits per heavy atom. The van der Waals surface area contributed by atoms with Gasteiger partial charge in [0.25, 0.3) is 0 Å². The van der Waals surface area contributed by atoms with Crippen LogP contribution in [0.4, 0.5) is 22.0 Å². The number of fused-ring (bicyclic) bond motifs is 1. The van der Waals surface area contributed by atoms with E-state index in [9.17, 15) is 17.6 Å². The topological polar surface area (TPSA) is 9.23 Å². The van der Waals surface area contributed by atoms with Crippen LogP contribution < -0.4 is 0 Å². The van der Waals surface area contributed by atoms with E-state index in [1.807, 2.05) is 0 Å². The zero-order chi connectivity index (χ0) is 23.6. The first-order valence-corrected chi connectivity index (χ1v) is 10.4. The van der Waals surface area contributed by atoms with Gasteiger partial charge in [0.2, 0.25) is 0 Å². The molecule has 0 aliphatic rings. The summed E-state index contributed by atoms with van der Waals surface area (Å²) in [5, 5.41) is 1.06. The Kier molecular flexibility index (Phi) is 6.47. The van der Waals surface area contributed by atoms with E-state index < -0.39 is 11.7 Å². The number of methoxy groups -OCH3 is 1. The number of aryl methyl sites for hydroxylation is 2. The molecule has 0 amide bonds. The highest BCUT2D eigenvalue weighted by molar-refractivity contribution is 5.88. The monoisotopic (exact) mass is 456 g/mol. The van der Waals surface area contributed by atoms with Crippen molar-refractivity contribution >= 4 is 10.8 Å². The largest absolute Gasteiger partial charge is 0.416 e. The van der Waals surface area contributed by atoms with Crippen LogP contribution in [0.2, 0.25) is 0 Å². The van der Waals surface area contributed by atoms with Gasteiger partial charge in [0.15, 0.2) is 0 Å². The fraction of sp³-hybridized carbons (Fsp3) is 0.185. The summed E-state index contributed by atoms with van der Waals surface area (Å²) in [7, 11) is 1.54. The molecule has 0 fully saturated rings. The van der Waals surface area contributed by atoms with Crippen LogP contribution in [0.25, 0.3) is 21.9 Å². The predicted molar refractivity (Wildman–Crippen MR) is 119 cm³/mol. The molecule has 0 aliphatic carbocycles. The summed E-state index contributed by atoms with van der Waals surface area (Å²) in [4.78, 5) is 0. The lowest BCUT2D eigenvalue weighted by Gasteiger charge is -2.11. The molecular formula is C27H21F5O. The molecule has 4 rings (SSSR count). The Morgan fingerprint density at radius 1 is 0.758 bits per heavy atom. The molecular weight excluding hydrogens is 435 g/mol. The van der Waals surface area contributed by atoms with E-state index in [4.69, 9.17) is 4.74 Å². The van der Waals surface area contributed by atoms with Gasteiger partial charge in [-0.1, -0.05) is 48.5 Å². The number of hydrogen-bond donors (Lipinski definition) is 0. The molecule has 33 heavy (non-hydrogen) atoms. The highest BCUT2D eigenvalue weighted by Gasteiger charge is 2.29. The zero-order valence-electron chi connectivity index (χ0n) is 17.8. The zero-order valence-corrected chi connectivity index (χ0v) is 17.8. The fourth-order valence-electron chi connectivity index (χ4n) is 3.89. The Bertz CT molecular complexity index is 1280. The minimum atomic E-state index is -4.38. The maximum atomic E-state index is 15.1. The van der Waals surface area contributed by atoms with Crippen LogP contribution in [0.1, 0.15) is 22.3 Å². The minimum Gasteiger partial charge on any atom is -0.380 e. The third kappa shape index (κ3) is 5.06. The number of halogens is 5. The van der Waals surface area contributed by atoms with Gasteiger partial charge in [-0.3, -0.25) is 0 Å². The lowest BCUT2D eigenvalue weighted by molar-refractivity contribution is -0.137. The average Bonchev–Trinajstić information content (AvgIpc) is 2.78. The van der Waals surface area contributed by atoms with Gasteiger partial charge >= 0.3 is 6.18 Å². The predicted octanol–water partition coefficient (Wildman–Crippen LogP) is 7.74. The molecule has 1 nitrogen and oxygen atoms in total. The Morgan fingerprint density at radius 2 is 1.48 bits per heavy atom. The van der Waals surface area contributed by atoms with Crippen LogP contribution in [0, 0.1) is 11.6 Å². The SMILES string of the molecule is COCc1ccc(-c2ccc3c(F)c(CCc4ccc(C(F)(F)F)cc4)ccc3c2)c(F)c1. The van der Waals surface area contributed by atoms with Crippen molar-refractivity contribution in [3.8, 4) is 11.1 Å². The van der Waals surface area contributed by atoms with Crippen LogP contribution in [-0.2, 0) is 30.4 Å². The van der Waals surface area contributed by atoms with Gasteiger partial charge in [-0.25, -0.2) is 8.78 Å². The van der Waals surface area contributed by atoms with Crippen molar-refractivity contribution in [3.05, 3.63) is 107 Å². The molecule has 170 valence electrons. The van der Waals surface area contributed by atoms with Gasteiger partial charge in [0.1, 0.15) is 11.6 Å². The minimum absolute atomic E-state index is 0.315. The fourth-order valence-corrected chi connectivity index (χ4v) is 3.89. The molecule has 0 radical (unpaired) electrons. The third-order valence-corrected chi connectivity index (χ3v) is 5.65. The van der Waals surface area contributed by atoms with Crippen molar-refractivity contribution in [2.24, 2.45) is 0 Å². The maximum absolute atomic E-state index is 15.1. The smallest absolute Gasteiger partial charge is 0.380 e. The quantitative estimate of drug-likeness (QED) is 0.270. The van der Waals surface area contributed by atoms with E-state index in [1.165, 1.54) is 18.2 Å². The first-order valence-electron chi connectivity index (χ1n) is 10.4. The van der Waals surface area contributed by atoms with E-state index in [-0.39, 0.29) is 11.6 Å². The maximum Gasteiger partial charge on any atom is 0.416 e. The van der Waals surface area contributed by atoms with Crippen molar-refractivity contribution in [2.45, 2.75) is 25.6 Å². The average molecular weight is 456 g/mol. The van der Waals surface area contributed by atoms with Crippen molar-refractivity contribution in [2.75, 3.05) is 7.11 Å². The van der Waals surface area contributed by atoms with Crippen LogP contribution in [0.3, 0.4) is 0 Å². The van der Waals surface area contributed by atoms with E-state index in [1.54, 1.807) is 49.6 Å². The van der Waals surface area contributed by atoms with Gasteiger partial charge in [-0.15, -0.1) is 0 Å². The Hall–Kier alpha value is -3.25. The number of rotatable bonds is 6. The first kappa shape index (κ1) is 22.9. The van der Waals surface area contributed by atoms with Crippen LogP contribution in [-0.4, -0.2) is 7.11 Å². The molecule has 0 saturated carbocycles. The molecule has 0 atom stereocenters. The number of benzene rings is 4. The second-order valence-corrected chi connectivity index (χ2v) is 7.92. The second kappa shape index (κ2) is 9.32. The molecule has 4 aromatic carbocycles. The van der Waals surface area contributed by atoms with Gasteiger partial charge in [-0.2, -0.15) is 13.2 Å². The van der Waals surface area contributed by atoms with Crippen molar-refractivity contribution in [3.63, 3.8) is 0 Å². The lowest BCUT2D eigenvalue weighted by atomic mass is 9.96.